The highest BCUT2D eigenvalue weighted by Gasteiger charge is 2.30. The Labute approximate surface area is 115 Å². The number of hydrogen-bond donors (Lipinski definition) is 1. The topological polar surface area (TPSA) is 63.4 Å². The van der Waals surface area contributed by atoms with Crippen molar-refractivity contribution in [3.05, 3.63) is 23.3 Å². The molecular weight excluding hydrogens is 260 g/mol. The number of piperidine rings is 1. The van der Waals surface area contributed by atoms with Crippen LogP contribution in [0.25, 0.3) is 0 Å². The monoisotopic (exact) mass is 282 g/mol. The lowest BCUT2D eigenvalue weighted by Crippen LogP contribution is -2.39. The minimum Gasteiger partial charge on any atom is -0.398 e. The predicted molar refractivity (Wildman–Crippen MR) is 77.5 cm³/mol. The van der Waals surface area contributed by atoms with E-state index in [-0.39, 0.29) is 0 Å². The number of nitrogens with zero attached hydrogens (tertiary/aromatic N) is 1. The van der Waals surface area contributed by atoms with Gasteiger partial charge in [-0.1, -0.05) is 6.92 Å². The largest absolute Gasteiger partial charge is 0.398 e. The average molecular weight is 282 g/mol. The second-order valence-corrected chi connectivity index (χ2v) is 7.49. The number of sulfonamides is 1. The van der Waals surface area contributed by atoms with Crippen molar-refractivity contribution in [1.29, 1.82) is 0 Å². The van der Waals surface area contributed by atoms with Gasteiger partial charge in [-0.2, -0.15) is 4.31 Å². The first-order chi connectivity index (χ1) is 8.82. The normalized spacial score (nSPS) is 21.5. The Balaban J connectivity index is 2.45. The second-order valence-electron chi connectivity index (χ2n) is 5.59. The van der Waals surface area contributed by atoms with Crippen LogP contribution in [0.2, 0.25) is 0 Å². The van der Waals surface area contributed by atoms with Crippen molar-refractivity contribution in [3.63, 3.8) is 0 Å². The molecule has 1 unspecified atom stereocenters. The molecule has 1 aromatic carbocycles. The summed E-state index contributed by atoms with van der Waals surface area (Å²) in [6, 6.07) is 3.54. The highest BCUT2D eigenvalue weighted by molar-refractivity contribution is 7.89. The van der Waals surface area contributed by atoms with Crippen molar-refractivity contribution < 1.29 is 8.42 Å². The molecule has 1 fully saturated rings. The maximum Gasteiger partial charge on any atom is 0.243 e. The van der Waals surface area contributed by atoms with Crippen LogP contribution in [-0.4, -0.2) is 25.8 Å². The lowest BCUT2D eigenvalue weighted by molar-refractivity contribution is 0.281. The summed E-state index contributed by atoms with van der Waals surface area (Å²) in [5, 5.41) is 0. The molecule has 0 bridgehead atoms. The van der Waals surface area contributed by atoms with Crippen LogP contribution in [0.3, 0.4) is 0 Å². The molecule has 106 valence electrons. The first-order valence-electron chi connectivity index (χ1n) is 6.69. The van der Waals surface area contributed by atoms with Crippen LogP contribution in [-0.2, 0) is 10.0 Å². The van der Waals surface area contributed by atoms with Gasteiger partial charge >= 0.3 is 0 Å². The molecule has 5 heteroatoms. The van der Waals surface area contributed by atoms with E-state index in [4.69, 9.17) is 5.73 Å². The molecule has 4 nitrogen and oxygen atoms in total. The van der Waals surface area contributed by atoms with Crippen LogP contribution in [0.1, 0.15) is 30.9 Å². The molecule has 2 N–H and O–H groups in total. The summed E-state index contributed by atoms with van der Waals surface area (Å²) in [4.78, 5) is 0.360. The zero-order valence-electron chi connectivity index (χ0n) is 11.8. The Morgan fingerprint density at radius 2 is 2.00 bits per heavy atom. The van der Waals surface area contributed by atoms with Gasteiger partial charge in [-0.3, -0.25) is 0 Å². The average Bonchev–Trinajstić information content (AvgIpc) is 2.33. The highest BCUT2D eigenvalue weighted by Crippen LogP contribution is 2.28. The Kier molecular flexibility index (Phi) is 3.87. The fourth-order valence-corrected chi connectivity index (χ4v) is 4.56. The Hall–Kier alpha value is -1.07. The minimum absolute atomic E-state index is 0.360. The molecule has 1 aliphatic heterocycles. The third-order valence-corrected chi connectivity index (χ3v) is 5.77. The van der Waals surface area contributed by atoms with Gasteiger partial charge in [0.15, 0.2) is 0 Å². The van der Waals surface area contributed by atoms with Crippen molar-refractivity contribution >= 4 is 15.7 Å². The smallest absolute Gasteiger partial charge is 0.243 e. The van der Waals surface area contributed by atoms with Gasteiger partial charge in [0.1, 0.15) is 0 Å². The van der Waals surface area contributed by atoms with Crippen LogP contribution in [0.15, 0.2) is 17.0 Å². The molecule has 0 saturated carbocycles. The molecule has 0 spiro atoms. The molecular formula is C14H22N2O2S. The standard InChI is InChI=1S/C14H22N2O2S/c1-10-5-4-6-16(9-10)19(17,18)14-8-11(2)7-13(15)12(14)3/h7-8,10H,4-6,9,15H2,1-3H3. The predicted octanol–water partition coefficient (Wildman–Crippen LogP) is 2.31. The van der Waals surface area contributed by atoms with E-state index >= 15 is 0 Å². The van der Waals surface area contributed by atoms with Gasteiger partial charge in [-0.25, -0.2) is 8.42 Å². The van der Waals surface area contributed by atoms with E-state index in [1.807, 2.05) is 13.0 Å². The fraction of sp³-hybridized carbons (Fsp3) is 0.571. The quantitative estimate of drug-likeness (QED) is 0.847. The third kappa shape index (κ3) is 2.77. The van der Waals surface area contributed by atoms with Crippen molar-refractivity contribution in [2.24, 2.45) is 5.92 Å². The number of hydrogen-bond acceptors (Lipinski definition) is 3. The van der Waals surface area contributed by atoms with E-state index in [0.717, 1.165) is 18.4 Å². The van der Waals surface area contributed by atoms with E-state index in [9.17, 15) is 8.42 Å². The molecule has 2 rings (SSSR count). The molecule has 1 aromatic rings. The first kappa shape index (κ1) is 14.3. The zero-order valence-corrected chi connectivity index (χ0v) is 12.6. The summed E-state index contributed by atoms with van der Waals surface area (Å²) >= 11 is 0. The van der Waals surface area contributed by atoms with E-state index < -0.39 is 10.0 Å². The number of nitrogens with two attached hydrogens (primary N) is 1. The van der Waals surface area contributed by atoms with E-state index in [1.54, 1.807) is 17.3 Å². The lowest BCUT2D eigenvalue weighted by Gasteiger charge is -2.30. The molecule has 1 heterocycles. The van der Waals surface area contributed by atoms with Crippen LogP contribution in [0.5, 0.6) is 0 Å². The second kappa shape index (κ2) is 5.13. The summed E-state index contributed by atoms with van der Waals surface area (Å²) in [5.74, 6) is 0.422. The van der Waals surface area contributed by atoms with E-state index in [0.29, 0.717) is 35.2 Å². The number of nitrogen functional groups attached to an aromatic ring is 1. The van der Waals surface area contributed by atoms with Crippen molar-refractivity contribution in [2.45, 2.75) is 38.5 Å². The zero-order chi connectivity index (χ0) is 14.2. The minimum atomic E-state index is -3.42. The summed E-state index contributed by atoms with van der Waals surface area (Å²) in [6.07, 6.45) is 2.03. The number of anilines is 1. The maximum atomic E-state index is 12.7. The summed E-state index contributed by atoms with van der Waals surface area (Å²) in [6.45, 7) is 6.96. The molecule has 19 heavy (non-hydrogen) atoms. The van der Waals surface area contributed by atoms with Crippen molar-refractivity contribution in [1.82, 2.24) is 4.31 Å². The van der Waals surface area contributed by atoms with Gasteiger partial charge in [0.2, 0.25) is 10.0 Å². The van der Waals surface area contributed by atoms with Gasteiger partial charge in [0, 0.05) is 18.8 Å². The highest BCUT2D eigenvalue weighted by atomic mass is 32.2. The Morgan fingerprint density at radius 1 is 1.32 bits per heavy atom. The summed E-state index contributed by atoms with van der Waals surface area (Å²) in [5.41, 5.74) is 7.97. The molecule has 0 radical (unpaired) electrons. The van der Waals surface area contributed by atoms with Crippen LogP contribution in [0, 0.1) is 19.8 Å². The number of benzene rings is 1. The third-order valence-electron chi connectivity index (χ3n) is 3.78. The number of rotatable bonds is 2. The van der Waals surface area contributed by atoms with Crippen LogP contribution < -0.4 is 5.73 Å². The van der Waals surface area contributed by atoms with Crippen molar-refractivity contribution in [2.75, 3.05) is 18.8 Å². The first-order valence-corrected chi connectivity index (χ1v) is 8.13. The molecule has 1 aliphatic rings. The maximum absolute atomic E-state index is 12.7. The molecule has 0 amide bonds. The number of aryl methyl sites for hydroxylation is 1. The van der Waals surface area contributed by atoms with Gasteiger partial charge in [0.25, 0.3) is 0 Å². The molecule has 1 saturated heterocycles. The van der Waals surface area contributed by atoms with E-state index in [1.165, 1.54) is 0 Å². The summed E-state index contributed by atoms with van der Waals surface area (Å²) in [7, 11) is -3.42. The molecule has 0 aromatic heterocycles. The lowest BCUT2D eigenvalue weighted by atomic mass is 10.0. The molecule has 0 aliphatic carbocycles. The SMILES string of the molecule is Cc1cc(N)c(C)c(S(=O)(=O)N2CCCC(C)C2)c1. The van der Waals surface area contributed by atoms with Gasteiger partial charge in [-0.05, 0) is 55.9 Å². The van der Waals surface area contributed by atoms with Gasteiger partial charge < -0.3 is 5.73 Å². The Bertz CT molecular complexity index is 581. The summed E-state index contributed by atoms with van der Waals surface area (Å²) < 4.78 is 27.1. The van der Waals surface area contributed by atoms with Gasteiger partial charge in [0.05, 0.1) is 4.90 Å². The van der Waals surface area contributed by atoms with E-state index in [2.05, 4.69) is 6.92 Å². The van der Waals surface area contributed by atoms with Crippen LogP contribution >= 0.6 is 0 Å². The fourth-order valence-electron chi connectivity index (χ4n) is 2.62. The van der Waals surface area contributed by atoms with Crippen LogP contribution in [0.4, 0.5) is 5.69 Å². The van der Waals surface area contributed by atoms with Crippen molar-refractivity contribution in [3.8, 4) is 0 Å². The van der Waals surface area contributed by atoms with Gasteiger partial charge in [-0.15, -0.1) is 0 Å². The Morgan fingerprint density at radius 3 is 2.63 bits per heavy atom. The molecule has 1 atom stereocenters.